The molecule has 0 aliphatic carbocycles. The molecule has 4 heteroatoms. The molecule has 0 fully saturated rings. The highest BCUT2D eigenvalue weighted by Gasteiger charge is 2.06. The maximum atomic E-state index is 11.3. The van der Waals surface area contributed by atoms with Gasteiger partial charge in [0.05, 0.1) is 5.02 Å². The molecule has 0 amide bonds. The number of hydrogen-bond donors (Lipinski definition) is 1. The summed E-state index contributed by atoms with van der Waals surface area (Å²) in [4.78, 5) is 11.3. The van der Waals surface area contributed by atoms with Crippen molar-refractivity contribution >= 4 is 30.0 Å². The predicted octanol–water partition coefficient (Wildman–Crippen LogP) is 3.96. The van der Waals surface area contributed by atoms with Crippen molar-refractivity contribution < 1.29 is 9.53 Å². The van der Waals surface area contributed by atoms with Gasteiger partial charge in [-0.05, 0) is 23.3 Å². The molecule has 0 bridgehead atoms. The van der Waals surface area contributed by atoms with Crippen LogP contribution in [0.2, 0.25) is 5.02 Å². The highest BCUT2D eigenvalue weighted by molar-refractivity contribution is 7.81. The van der Waals surface area contributed by atoms with Crippen molar-refractivity contribution in [2.24, 2.45) is 0 Å². The zero-order valence-electron chi connectivity index (χ0n) is 10.9. The zero-order chi connectivity index (χ0) is 14.4. The molecule has 0 aromatic heterocycles. The SMILES string of the molecule is O=C(CS)Cc1ccc(OCc2ccccc2)c(Cl)c1. The third kappa shape index (κ3) is 4.29. The van der Waals surface area contributed by atoms with Gasteiger partial charge in [-0.2, -0.15) is 12.6 Å². The van der Waals surface area contributed by atoms with Crippen molar-refractivity contribution in [1.82, 2.24) is 0 Å². The number of Topliss-reactive ketones (excluding diaryl/α,β-unsaturated/α-hetero) is 1. The summed E-state index contributed by atoms with van der Waals surface area (Å²) in [5.74, 6) is 0.934. The van der Waals surface area contributed by atoms with E-state index < -0.39 is 0 Å². The van der Waals surface area contributed by atoms with Crippen LogP contribution in [0.1, 0.15) is 11.1 Å². The average molecular weight is 307 g/mol. The molecular formula is C16H15ClO2S. The Hall–Kier alpha value is -1.45. The van der Waals surface area contributed by atoms with Gasteiger partial charge in [0.25, 0.3) is 0 Å². The molecule has 0 aliphatic rings. The van der Waals surface area contributed by atoms with Crippen molar-refractivity contribution in [1.29, 1.82) is 0 Å². The molecule has 0 aliphatic heterocycles. The second kappa shape index (κ2) is 7.36. The molecule has 2 aromatic rings. The monoisotopic (exact) mass is 306 g/mol. The van der Waals surface area contributed by atoms with E-state index >= 15 is 0 Å². The number of ketones is 1. The normalized spacial score (nSPS) is 10.3. The molecule has 0 radical (unpaired) electrons. The van der Waals surface area contributed by atoms with E-state index in [0.717, 1.165) is 11.1 Å². The van der Waals surface area contributed by atoms with Crippen LogP contribution >= 0.6 is 24.2 Å². The number of carbonyl (C=O) groups is 1. The highest BCUT2D eigenvalue weighted by atomic mass is 35.5. The second-order valence-electron chi connectivity index (χ2n) is 4.41. The quantitative estimate of drug-likeness (QED) is 0.818. The number of hydrogen-bond acceptors (Lipinski definition) is 3. The molecule has 0 heterocycles. The Labute approximate surface area is 129 Å². The molecular weight excluding hydrogens is 292 g/mol. The van der Waals surface area contributed by atoms with Gasteiger partial charge < -0.3 is 4.74 Å². The fourth-order valence-corrected chi connectivity index (χ4v) is 2.16. The molecule has 0 spiro atoms. The topological polar surface area (TPSA) is 26.3 Å². The molecule has 0 saturated heterocycles. The van der Waals surface area contributed by atoms with Crippen molar-refractivity contribution in [2.45, 2.75) is 13.0 Å². The van der Waals surface area contributed by atoms with Gasteiger partial charge in [-0.15, -0.1) is 0 Å². The predicted molar refractivity (Wildman–Crippen MR) is 84.8 cm³/mol. The van der Waals surface area contributed by atoms with Crippen molar-refractivity contribution in [3.05, 3.63) is 64.7 Å². The lowest BCUT2D eigenvalue weighted by atomic mass is 10.1. The lowest BCUT2D eigenvalue weighted by Crippen LogP contribution is -2.04. The Morgan fingerprint density at radius 2 is 1.85 bits per heavy atom. The maximum Gasteiger partial charge on any atom is 0.146 e. The Bertz CT molecular complexity index is 584. The van der Waals surface area contributed by atoms with Crippen LogP contribution in [0.5, 0.6) is 5.75 Å². The van der Waals surface area contributed by atoms with Gasteiger partial charge in [0.15, 0.2) is 0 Å². The van der Waals surface area contributed by atoms with Crippen molar-refractivity contribution in [2.75, 3.05) is 5.75 Å². The minimum atomic E-state index is 0.0716. The van der Waals surface area contributed by atoms with Gasteiger partial charge in [0, 0.05) is 12.2 Å². The smallest absolute Gasteiger partial charge is 0.146 e. The van der Waals surface area contributed by atoms with E-state index in [2.05, 4.69) is 12.6 Å². The Kier molecular flexibility index (Phi) is 5.50. The third-order valence-electron chi connectivity index (χ3n) is 2.81. The summed E-state index contributed by atoms with van der Waals surface area (Å²) in [6.07, 6.45) is 0.349. The molecule has 2 rings (SSSR count). The second-order valence-corrected chi connectivity index (χ2v) is 5.14. The molecule has 104 valence electrons. The Balaban J connectivity index is 2.01. The summed E-state index contributed by atoms with van der Waals surface area (Å²) in [6.45, 7) is 0.468. The summed E-state index contributed by atoms with van der Waals surface area (Å²) in [5.41, 5.74) is 1.96. The standard InChI is InChI=1S/C16H15ClO2S/c17-15-9-13(8-14(18)11-20)6-7-16(15)19-10-12-4-2-1-3-5-12/h1-7,9,20H,8,10-11H2. The van der Waals surface area contributed by atoms with Crippen LogP contribution in [0.15, 0.2) is 48.5 Å². The van der Waals surface area contributed by atoms with E-state index in [1.165, 1.54) is 0 Å². The molecule has 0 N–H and O–H groups in total. The molecule has 2 nitrogen and oxygen atoms in total. The van der Waals surface area contributed by atoms with Crippen LogP contribution < -0.4 is 4.74 Å². The fourth-order valence-electron chi connectivity index (χ4n) is 1.79. The highest BCUT2D eigenvalue weighted by Crippen LogP contribution is 2.26. The summed E-state index contributed by atoms with van der Waals surface area (Å²) >= 11 is 10.1. The first-order valence-electron chi connectivity index (χ1n) is 6.27. The first-order valence-corrected chi connectivity index (χ1v) is 7.28. The van der Waals surface area contributed by atoms with Gasteiger partial charge in [-0.1, -0.05) is 48.0 Å². The van der Waals surface area contributed by atoms with Crippen LogP contribution in [0.4, 0.5) is 0 Å². The van der Waals surface area contributed by atoms with Gasteiger partial charge in [0.1, 0.15) is 18.1 Å². The fraction of sp³-hybridized carbons (Fsp3) is 0.188. The number of carbonyl (C=O) groups excluding carboxylic acids is 1. The van der Waals surface area contributed by atoms with Gasteiger partial charge in [-0.3, -0.25) is 4.79 Å². The minimum Gasteiger partial charge on any atom is -0.487 e. The van der Waals surface area contributed by atoms with Gasteiger partial charge >= 0.3 is 0 Å². The molecule has 0 atom stereocenters. The van der Waals surface area contributed by atoms with E-state index in [-0.39, 0.29) is 11.5 Å². The Morgan fingerprint density at radius 1 is 1.10 bits per heavy atom. The number of benzene rings is 2. The summed E-state index contributed by atoms with van der Waals surface area (Å²) < 4.78 is 5.68. The largest absolute Gasteiger partial charge is 0.487 e. The first kappa shape index (κ1) is 14.9. The molecule has 2 aromatic carbocycles. The molecule has 20 heavy (non-hydrogen) atoms. The molecule has 0 unspecified atom stereocenters. The lowest BCUT2D eigenvalue weighted by molar-refractivity contribution is -0.115. The van der Waals surface area contributed by atoms with Gasteiger partial charge in [-0.25, -0.2) is 0 Å². The Morgan fingerprint density at radius 3 is 2.50 bits per heavy atom. The number of thiol groups is 1. The summed E-state index contributed by atoms with van der Waals surface area (Å²) in [5, 5.41) is 0.519. The number of halogens is 1. The van der Waals surface area contributed by atoms with Crippen LogP contribution in [0.3, 0.4) is 0 Å². The van der Waals surface area contributed by atoms with E-state index in [4.69, 9.17) is 16.3 Å². The van der Waals surface area contributed by atoms with Crippen LogP contribution in [-0.4, -0.2) is 11.5 Å². The third-order valence-corrected chi connectivity index (χ3v) is 3.46. The molecule has 0 saturated carbocycles. The van der Waals surface area contributed by atoms with Crippen LogP contribution in [-0.2, 0) is 17.8 Å². The van der Waals surface area contributed by atoms with Crippen LogP contribution in [0.25, 0.3) is 0 Å². The van der Waals surface area contributed by atoms with E-state index in [0.29, 0.717) is 23.8 Å². The summed E-state index contributed by atoms with van der Waals surface area (Å²) in [6, 6.07) is 15.3. The minimum absolute atomic E-state index is 0.0716. The zero-order valence-corrected chi connectivity index (χ0v) is 12.5. The maximum absolute atomic E-state index is 11.3. The average Bonchev–Trinajstić information content (AvgIpc) is 2.47. The van der Waals surface area contributed by atoms with E-state index in [9.17, 15) is 4.79 Å². The number of ether oxygens (including phenoxy) is 1. The van der Waals surface area contributed by atoms with E-state index in [1.54, 1.807) is 12.1 Å². The number of rotatable bonds is 6. The van der Waals surface area contributed by atoms with Crippen molar-refractivity contribution in [3.63, 3.8) is 0 Å². The van der Waals surface area contributed by atoms with E-state index in [1.807, 2.05) is 36.4 Å². The first-order chi connectivity index (χ1) is 9.69. The van der Waals surface area contributed by atoms with Gasteiger partial charge in [0.2, 0.25) is 0 Å². The van der Waals surface area contributed by atoms with Crippen LogP contribution in [0, 0.1) is 0 Å². The summed E-state index contributed by atoms with van der Waals surface area (Å²) in [7, 11) is 0. The lowest BCUT2D eigenvalue weighted by Gasteiger charge is -2.09. The van der Waals surface area contributed by atoms with Crippen molar-refractivity contribution in [3.8, 4) is 5.75 Å².